The van der Waals surface area contributed by atoms with Crippen LogP contribution < -0.4 is 0 Å². The van der Waals surface area contributed by atoms with Crippen molar-refractivity contribution in [3.63, 3.8) is 0 Å². The smallest absolute Gasteiger partial charge is 0.106 e. The summed E-state index contributed by atoms with van der Waals surface area (Å²) in [6, 6.07) is 0. The maximum Gasteiger partial charge on any atom is 0.106 e. The van der Waals surface area contributed by atoms with Gasteiger partial charge in [0.05, 0.1) is 0 Å². The van der Waals surface area contributed by atoms with E-state index in [4.69, 9.17) is 0 Å². The van der Waals surface area contributed by atoms with Gasteiger partial charge in [-0.15, -0.1) is 0 Å². The average molecular weight is 150 g/mol. The van der Waals surface area contributed by atoms with Crippen molar-refractivity contribution in [1.82, 2.24) is 9.97 Å². The molecule has 1 aromatic heterocycles. The summed E-state index contributed by atoms with van der Waals surface area (Å²) in [5.74, 6) is 2.09. The summed E-state index contributed by atoms with van der Waals surface area (Å²) in [7, 11) is 0. The quantitative estimate of drug-likeness (QED) is 0.686. The minimum Gasteiger partial charge on any atom is -0.346 e. The second kappa shape index (κ2) is 2.68. The number of hydrogen-bond donors (Lipinski definition) is 1. The van der Waals surface area contributed by atoms with E-state index in [9.17, 15) is 0 Å². The highest BCUT2D eigenvalue weighted by atomic mass is 14.9. The summed E-state index contributed by atoms with van der Waals surface area (Å²) >= 11 is 0. The van der Waals surface area contributed by atoms with E-state index < -0.39 is 0 Å². The molecule has 0 radical (unpaired) electrons. The number of imidazole rings is 1. The van der Waals surface area contributed by atoms with Gasteiger partial charge in [0.25, 0.3) is 0 Å². The number of rotatable bonds is 2. The Labute approximate surface area is 67.0 Å². The Morgan fingerprint density at radius 1 is 1.64 bits per heavy atom. The monoisotopic (exact) mass is 150 g/mol. The first-order valence-electron chi connectivity index (χ1n) is 4.35. The van der Waals surface area contributed by atoms with Crippen LogP contribution >= 0.6 is 0 Å². The molecule has 2 heteroatoms. The molecule has 1 heterocycles. The van der Waals surface area contributed by atoms with Gasteiger partial charge in [-0.2, -0.15) is 0 Å². The van der Waals surface area contributed by atoms with Gasteiger partial charge in [-0.25, -0.2) is 4.98 Å². The molecule has 2 rings (SSSR count). The van der Waals surface area contributed by atoms with E-state index in [0.29, 0.717) is 0 Å². The molecule has 1 saturated carbocycles. The van der Waals surface area contributed by atoms with Crippen LogP contribution in [0.3, 0.4) is 0 Å². The van der Waals surface area contributed by atoms with E-state index in [0.717, 1.165) is 12.3 Å². The predicted molar refractivity (Wildman–Crippen MR) is 44.4 cm³/mol. The Morgan fingerprint density at radius 3 is 2.91 bits per heavy atom. The lowest BCUT2D eigenvalue weighted by molar-refractivity contribution is 0.310. The van der Waals surface area contributed by atoms with Crippen LogP contribution in [0.1, 0.15) is 30.8 Å². The number of nitrogens with one attached hydrogen (secondary N) is 1. The molecule has 60 valence electrons. The normalized spacial score (nSPS) is 18.3. The maximum absolute atomic E-state index is 4.28. The van der Waals surface area contributed by atoms with Gasteiger partial charge in [-0.1, -0.05) is 19.3 Å². The van der Waals surface area contributed by atoms with Crippen molar-refractivity contribution in [2.75, 3.05) is 0 Å². The van der Waals surface area contributed by atoms with Gasteiger partial charge < -0.3 is 4.98 Å². The van der Waals surface area contributed by atoms with Crippen molar-refractivity contribution in [2.45, 2.75) is 32.6 Å². The van der Waals surface area contributed by atoms with Crippen LogP contribution in [0, 0.1) is 12.8 Å². The van der Waals surface area contributed by atoms with E-state index in [1.54, 1.807) is 0 Å². The summed E-state index contributed by atoms with van der Waals surface area (Å²) in [5, 5.41) is 0. The van der Waals surface area contributed by atoms with Crippen molar-refractivity contribution in [1.29, 1.82) is 0 Å². The number of nitrogens with zero attached hydrogens (tertiary/aromatic N) is 1. The lowest BCUT2D eigenvalue weighted by atomic mass is 9.83. The molecular formula is C9H14N2. The molecule has 0 aromatic carbocycles. The Hall–Kier alpha value is -0.790. The van der Waals surface area contributed by atoms with Crippen LogP contribution in [-0.2, 0) is 6.42 Å². The van der Waals surface area contributed by atoms with Crippen LogP contribution in [-0.4, -0.2) is 9.97 Å². The first-order valence-corrected chi connectivity index (χ1v) is 4.35. The lowest BCUT2D eigenvalue weighted by Crippen LogP contribution is -2.14. The Morgan fingerprint density at radius 2 is 2.45 bits per heavy atom. The van der Waals surface area contributed by atoms with Gasteiger partial charge in [-0.05, 0) is 12.8 Å². The molecule has 2 nitrogen and oxygen atoms in total. The highest BCUT2D eigenvalue weighted by Crippen LogP contribution is 2.28. The fourth-order valence-corrected chi connectivity index (χ4v) is 1.54. The summed E-state index contributed by atoms with van der Waals surface area (Å²) < 4.78 is 0. The van der Waals surface area contributed by atoms with E-state index in [1.807, 2.05) is 6.20 Å². The summed E-state index contributed by atoms with van der Waals surface area (Å²) in [5.41, 5.74) is 1.18. The highest BCUT2D eigenvalue weighted by Gasteiger charge is 2.18. The number of aryl methyl sites for hydroxylation is 1. The highest BCUT2D eigenvalue weighted by molar-refractivity contribution is 4.99. The zero-order chi connectivity index (χ0) is 7.68. The van der Waals surface area contributed by atoms with Crippen molar-refractivity contribution >= 4 is 0 Å². The van der Waals surface area contributed by atoms with E-state index in [2.05, 4.69) is 16.9 Å². The molecule has 0 unspecified atom stereocenters. The third kappa shape index (κ3) is 1.44. The standard InChI is InChI=1S/C9H14N2/c1-7-6-10-9(11-7)5-8-3-2-4-8/h6,8H,2-5H2,1H3,(H,10,11). The van der Waals surface area contributed by atoms with Crippen LogP contribution in [0.2, 0.25) is 0 Å². The molecule has 0 saturated heterocycles. The summed E-state index contributed by atoms with van der Waals surface area (Å²) in [6.07, 6.45) is 7.30. The van der Waals surface area contributed by atoms with Crippen LogP contribution in [0.5, 0.6) is 0 Å². The average Bonchev–Trinajstić information content (AvgIpc) is 2.27. The molecule has 0 aliphatic heterocycles. The van der Waals surface area contributed by atoms with Crippen LogP contribution in [0.15, 0.2) is 6.20 Å². The molecule has 0 spiro atoms. The molecule has 1 aliphatic carbocycles. The number of aromatic nitrogens is 2. The number of hydrogen-bond acceptors (Lipinski definition) is 1. The minimum atomic E-state index is 0.917. The predicted octanol–water partition coefficient (Wildman–Crippen LogP) is 2.06. The number of aromatic amines is 1. The third-order valence-electron chi connectivity index (χ3n) is 2.46. The lowest BCUT2D eigenvalue weighted by Gasteiger charge is -2.23. The van der Waals surface area contributed by atoms with E-state index in [-0.39, 0.29) is 0 Å². The first-order chi connectivity index (χ1) is 5.34. The van der Waals surface area contributed by atoms with Gasteiger partial charge >= 0.3 is 0 Å². The van der Waals surface area contributed by atoms with E-state index in [1.165, 1.54) is 30.8 Å². The maximum atomic E-state index is 4.28. The topological polar surface area (TPSA) is 28.7 Å². The molecule has 1 aromatic rings. The van der Waals surface area contributed by atoms with Crippen molar-refractivity contribution in [3.8, 4) is 0 Å². The fraction of sp³-hybridized carbons (Fsp3) is 0.667. The Bertz CT molecular complexity index is 235. The number of H-pyrrole nitrogens is 1. The molecule has 0 atom stereocenters. The van der Waals surface area contributed by atoms with Gasteiger partial charge in [0.1, 0.15) is 5.82 Å². The molecular weight excluding hydrogens is 136 g/mol. The largest absolute Gasteiger partial charge is 0.346 e. The van der Waals surface area contributed by atoms with Crippen molar-refractivity contribution in [3.05, 3.63) is 17.7 Å². The molecule has 1 aliphatic rings. The van der Waals surface area contributed by atoms with Gasteiger partial charge in [0.15, 0.2) is 0 Å². The van der Waals surface area contributed by atoms with Crippen LogP contribution in [0.4, 0.5) is 0 Å². The second-order valence-electron chi connectivity index (χ2n) is 3.51. The SMILES string of the molecule is Cc1cnc(CC2CCC2)[nH]1. The van der Waals surface area contributed by atoms with Gasteiger partial charge in [0.2, 0.25) is 0 Å². The molecule has 0 bridgehead atoms. The molecule has 0 amide bonds. The Balaban J connectivity index is 1.95. The van der Waals surface area contributed by atoms with E-state index >= 15 is 0 Å². The molecule has 1 fully saturated rings. The molecule has 1 N–H and O–H groups in total. The molecule has 11 heavy (non-hydrogen) atoms. The fourth-order valence-electron chi connectivity index (χ4n) is 1.54. The summed E-state index contributed by atoms with van der Waals surface area (Å²) in [6.45, 7) is 2.05. The van der Waals surface area contributed by atoms with Crippen molar-refractivity contribution < 1.29 is 0 Å². The summed E-state index contributed by atoms with van der Waals surface area (Å²) in [4.78, 5) is 7.55. The Kier molecular flexibility index (Phi) is 1.68. The van der Waals surface area contributed by atoms with Gasteiger partial charge in [0, 0.05) is 18.3 Å². The second-order valence-corrected chi connectivity index (χ2v) is 3.51. The third-order valence-corrected chi connectivity index (χ3v) is 2.46. The zero-order valence-corrected chi connectivity index (χ0v) is 6.93. The van der Waals surface area contributed by atoms with Crippen LogP contribution in [0.25, 0.3) is 0 Å². The van der Waals surface area contributed by atoms with Crippen molar-refractivity contribution in [2.24, 2.45) is 5.92 Å². The first kappa shape index (κ1) is 6.89. The zero-order valence-electron chi connectivity index (χ0n) is 6.93. The minimum absolute atomic E-state index is 0.917. The van der Waals surface area contributed by atoms with Gasteiger partial charge in [-0.3, -0.25) is 0 Å².